The van der Waals surface area contributed by atoms with Gasteiger partial charge in [-0.1, -0.05) is 6.42 Å². The Morgan fingerprint density at radius 1 is 1.25 bits per heavy atom. The van der Waals surface area contributed by atoms with Gasteiger partial charge in [0.15, 0.2) is 0 Å². The molecule has 1 aliphatic carbocycles. The second kappa shape index (κ2) is 8.04. The first-order chi connectivity index (χ1) is 7.83. The van der Waals surface area contributed by atoms with Crippen LogP contribution in [-0.2, 0) is 9.47 Å². The monoisotopic (exact) mass is 229 g/mol. The lowest BCUT2D eigenvalue weighted by atomic mass is 9.66. The van der Waals surface area contributed by atoms with Crippen molar-refractivity contribution >= 4 is 0 Å². The van der Waals surface area contributed by atoms with Gasteiger partial charge in [0.2, 0.25) is 0 Å². The van der Waals surface area contributed by atoms with E-state index >= 15 is 0 Å². The Balaban J connectivity index is 2.07. The van der Waals surface area contributed by atoms with Crippen LogP contribution in [0.1, 0.15) is 39.0 Å². The van der Waals surface area contributed by atoms with Gasteiger partial charge in [0.05, 0.1) is 6.61 Å². The van der Waals surface area contributed by atoms with Gasteiger partial charge in [0.25, 0.3) is 0 Å². The van der Waals surface area contributed by atoms with Gasteiger partial charge in [0.1, 0.15) is 0 Å². The molecule has 0 unspecified atom stereocenters. The van der Waals surface area contributed by atoms with E-state index in [0.717, 1.165) is 32.9 Å². The van der Waals surface area contributed by atoms with Gasteiger partial charge in [-0.25, -0.2) is 0 Å². The predicted octanol–water partition coefficient (Wildman–Crippen LogP) is 2.21. The molecule has 1 saturated carbocycles. The first kappa shape index (κ1) is 13.9. The highest BCUT2D eigenvalue weighted by Crippen LogP contribution is 2.44. The molecule has 0 aromatic rings. The Morgan fingerprint density at radius 3 is 2.62 bits per heavy atom. The third kappa shape index (κ3) is 4.81. The Kier molecular flexibility index (Phi) is 7.01. The van der Waals surface area contributed by atoms with E-state index in [4.69, 9.17) is 9.47 Å². The minimum atomic E-state index is 0.574. The lowest BCUT2D eigenvalue weighted by molar-refractivity contribution is 0.0816. The highest BCUT2D eigenvalue weighted by atomic mass is 16.5. The summed E-state index contributed by atoms with van der Waals surface area (Å²) in [5, 5.41) is 3.50. The summed E-state index contributed by atoms with van der Waals surface area (Å²) in [5.41, 5.74) is 0.574. The second-order valence-corrected chi connectivity index (χ2v) is 4.82. The third-order valence-electron chi connectivity index (χ3n) is 3.60. The quantitative estimate of drug-likeness (QED) is 0.583. The van der Waals surface area contributed by atoms with E-state index < -0.39 is 0 Å². The molecule has 1 fully saturated rings. The van der Waals surface area contributed by atoms with Gasteiger partial charge >= 0.3 is 0 Å². The highest BCUT2D eigenvalue weighted by Gasteiger charge is 2.35. The largest absolute Gasteiger partial charge is 0.383 e. The van der Waals surface area contributed by atoms with Crippen LogP contribution in [0.25, 0.3) is 0 Å². The number of rotatable bonds is 10. The van der Waals surface area contributed by atoms with Crippen LogP contribution in [0.5, 0.6) is 0 Å². The van der Waals surface area contributed by atoms with Gasteiger partial charge < -0.3 is 14.8 Å². The summed E-state index contributed by atoms with van der Waals surface area (Å²) in [6, 6.07) is 0. The first-order valence-electron chi connectivity index (χ1n) is 6.60. The van der Waals surface area contributed by atoms with E-state index in [-0.39, 0.29) is 0 Å². The molecule has 0 saturated heterocycles. The average Bonchev–Trinajstić information content (AvgIpc) is 2.25. The number of hydrogen-bond donors (Lipinski definition) is 1. The summed E-state index contributed by atoms with van der Waals surface area (Å²) >= 11 is 0. The lowest BCUT2D eigenvalue weighted by Crippen LogP contribution is -2.41. The summed E-state index contributed by atoms with van der Waals surface area (Å²) in [5.74, 6) is 0. The minimum absolute atomic E-state index is 0.574. The van der Waals surface area contributed by atoms with Crippen molar-refractivity contribution in [2.75, 3.05) is 40.0 Å². The van der Waals surface area contributed by atoms with E-state index in [1.54, 1.807) is 7.11 Å². The van der Waals surface area contributed by atoms with Crippen LogP contribution in [0.4, 0.5) is 0 Å². The van der Waals surface area contributed by atoms with Crippen molar-refractivity contribution in [3.05, 3.63) is 0 Å². The van der Waals surface area contributed by atoms with Crippen LogP contribution in [-0.4, -0.2) is 40.0 Å². The van der Waals surface area contributed by atoms with Crippen LogP contribution in [0, 0.1) is 5.41 Å². The summed E-state index contributed by atoms with van der Waals surface area (Å²) in [4.78, 5) is 0. The van der Waals surface area contributed by atoms with E-state index in [0.29, 0.717) is 5.41 Å². The van der Waals surface area contributed by atoms with Crippen LogP contribution >= 0.6 is 0 Å². The van der Waals surface area contributed by atoms with Crippen molar-refractivity contribution in [1.29, 1.82) is 0 Å². The predicted molar refractivity (Wildman–Crippen MR) is 66.8 cm³/mol. The van der Waals surface area contributed by atoms with Gasteiger partial charge in [-0.3, -0.25) is 0 Å². The van der Waals surface area contributed by atoms with Crippen LogP contribution in [0.3, 0.4) is 0 Å². The summed E-state index contributed by atoms with van der Waals surface area (Å²) < 4.78 is 10.4. The molecule has 0 aromatic carbocycles. The molecule has 1 N–H and O–H groups in total. The van der Waals surface area contributed by atoms with Gasteiger partial charge in [-0.05, 0) is 38.0 Å². The molecular weight excluding hydrogens is 202 g/mol. The molecule has 0 atom stereocenters. The van der Waals surface area contributed by atoms with Crippen molar-refractivity contribution in [1.82, 2.24) is 5.32 Å². The van der Waals surface area contributed by atoms with Crippen molar-refractivity contribution in [3.8, 4) is 0 Å². The smallest absolute Gasteiger partial charge is 0.0587 e. The maximum atomic E-state index is 5.40. The Hall–Kier alpha value is -0.120. The highest BCUT2D eigenvalue weighted by molar-refractivity contribution is 4.89. The summed E-state index contributed by atoms with van der Waals surface area (Å²) in [6.07, 6.45) is 6.70. The van der Waals surface area contributed by atoms with Crippen molar-refractivity contribution < 1.29 is 9.47 Å². The number of hydrogen-bond acceptors (Lipinski definition) is 3. The maximum Gasteiger partial charge on any atom is 0.0587 e. The molecular formula is C13H27NO2. The molecule has 0 radical (unpaired) electrons. The number of methoxy groups -OCH3 is 1. The Bertz CT molecular complexity index is 155. The molecule has 3 nitrogen and oxygen atoms in total. The molecule has 1 rings (SSSR count). The molecule has 0 aromatic heterocycles. The van der Waals surface area contributed by atoms with Crippen LogP contribution < -0.4 is 5.32 Å². The molecule has 0 spiro atoms. The molecule has 0 aliphatic heterocycles. The minimum Gasteiger partial charge on any atom is -0.383 e. The zero-order chi connectivity index (χ0) is 11.7. The standard InChI is InChI=1S/C13H27NO2/c1-3-16-10-5-8-13(6-4-7-13)12-14-9-11-15-2/h14H,3-12H2,1-2H3. The second-order valence-electron chi connectivity index (χ2n) is 4.82. The van der Waals surface area contributed by atoms with Crippen molar-refractivity contribution in [3.63, 3.8) is 0 Å². The maximum absolute atomic E-state index is 5.40. The van der Waals surface area contributed by atoms with E-state index in [1.807, 2.05) is 0 Å². The zero-order valence-corrected chi connectivity index (χ0v) is 10.9. The lowest BCUT2D eigenvalue weighted by Gasteiger charge is -2.42. The van der Waals surface area contributed by atoms with Gasteiger partial charge in [0, 0.05) is 33.4 Å². The molecule has 16 heavy (non-hydrogen) atoms. The fraction of sp³-hybridized carbons (Fsp3) is 1.00. The molecule has 1 aliphatic rings. The number of nitrogens with one attached hydrogen (secondary N) is 1. The van der Waals surface area contributed by atoms with Crippen molar-refractivity contribution in [2.45, 2.75) is 39.0 Å². The molecule has 0 heterocycles. The SMILES string of the molecule is CCOCCCC1(CNCCOC)CCC1. The fourth-order valence-electron chi connectivity index (χ4n) is 2.41. The molecule has 96 valence electrons. The Labute approximate surface area is 99.9 Å². The summed E-state index contributed by atoms with van der Waals surface area (Å²) in [7, 11) is 1.75. The van der Waals surface area contributed by atoms with Crippen LogP contribution in [0.15, 0.2) is 0 Å². The fourth-order valence-corrected chi connectivity index (χ4v) is 2.41. The normalized spacial score (nSPS) is 18.4. The average molecular weight is 229 g/mol. The first-order valence-corrected chi connectivity index (χ1v) is 6.60. The summed E-state index contributed by atoms with van der Waals surface area (Å²) in [6.45, 7) is 6.78. The molecule has 3 heteroatoms. The Morgan fingerprint density at radius 2 is 2.06 bits per heavy atom. The van der Waals surface area contributed by atoms with Crippen LogP contribution in [0.2, 0.25) is 0 Å². The van der Waals surface area contributed by atoms with Gasteiger partial charge in [-0.2, -0.15) is 0 Å². The molecule has 0 amide bonds. The third-order valence-corrected chi connectivity index (χ3v) is 3.60. The molecule has 0 bridgehead atoms. The van der Waals surface area contributed by atoms with Gasteiger partial charge in [-0.15, -0.1) is 0 Å². The van der Waals surface area contributed by atoms with E-state index in [2.05, 4.69) is 12.2 Å². The number of ether oxygens (including phenoxy) is 2. The zero-order valence-electron chi connectivity index (χ0n) is 10.9. The van der Waals surface area contributed by atoms with E-state index in [9.17, 15) is 0 Å². The van der Waals surface area contributed by atoms with Crippen molar-refractivity contribution in [2.24, 2.45) is 5.41 Å². The van der Waals surface area contributed by atoms with E-state index in [1.165, 1.54) is 32.1 Å². The topological polar surface area (TPSA) is 30.5 Å².